The molecule has 1 aliphatic carbocycles. The van der Waals surface area contributed by atoms with Crippen molar-refractivity contribution in [3.63, 3.8) is 0 Å². The van der Waals surface area contributed by atoms with Crippen molar-refractivity contribution >= 4 is 34.2 Å². The monoisotopic (exact) mass is 324 g/mol. The summed E-state index contributed by atoms with van der Waals surface area (Å²) in [6.07, 6.45) is 5.08. The Morgan fingerprint density at radius 3 is 3.05 bits per heavy atom. The Hall–Kier alpha value is -0.870. The second kappa shape index (κ2) is 6.09. The summed E-state index contributed by atoms with van der Waals surface area (Å²) in [5, 5.41) is 5.03. The SMILES string of the molecule is COc1ccc(NC2=NC3(CCCC(C)C3)CS2)cc1Cl. The van der Waals surface area contributed by atoms with Gasteiger partial charge in [0.05, 0.1) is 17.7 Å². The molecule has 21 heavy (non-hydrogen) atoms. The molecule has 2 aliphatic rings. The van der Waals surface area contributed by atoms with Crippen molar-refractivity contribution in [2.24, 2.45) is 10.9 Å². The van der Waals surface area contributed by atoms with Crippen LogP contribution in [0.4, 0.5) is 5.69 Å². The van der Waals surface area contributed by atoms with Gasteiger partial charge in [-0.05, 0) is 37.0 Å². The minimum absolute atomic E-state index is 0.168. The summed E-state index contributed by atoms with van der Waals surface area (Å²) in [6, 6.07) is 5.74. The van der Waals surface area contributed by atoms with Gasteiger partial charge in [0.25, 0.3) is 0 Å². The second-order valence-electron chi connectivity index (χ2n) is 6.11. The molecule has 3 rings (SSSR count). The fourth-order valence-corrected chi connectivity index (χ4v) is 4.72. The van der Waals surface area contributed by atoms with Crippen LogP contribution in [0.1, 0.15) is 32.6 Å². The van der Waals surface area contributed by atoms with Gasteiger partial charge in [0, 0.05) is 11.4 Å². The average Bonchev–Trinajstić information content (AvgIpc) is 2.81. The summed E-state index contributed by atoms with van der Waals surface area (Å²) in [6.45, 7) is 2.34. The van der Waals surface area contributed by atoms with Crippen molar-refractivity contribution in [3.05, 3.63) is 23.2 Å². The van der Waals surface area contributed by atoms with E-state index >= 15 is 0 Å². The van der Waals surface area contributed by atoms with E-state index in [9.17, 15) is 0 Å². The van der Waals surface area contributed by atoms with Gasteiger partial charge in [-0.25, -0.2) is 0 Å². The van der Waals surface area contributed by atoms with Gasteiger partial charge in [-0.3, -0.25) is 4.99 Å². The van der Waals surface area contributed by atoms with E-state index in [0.717, 1.165) is 22.5 Å². The van der Waals surface area contributed by atoms with Gasteiger partial charge in [-0.15, -0.1) is 0 Å². The van der Waals surface area contributed by atoms with Gasteiger partial charge in [0.2, 0.25) is 0 Å². The summed E-state index contributed by atoms with van der Waals surface area (Å²) in [5.41, 5.74) is 1.13. The normalized spacial score (nSPS) is 28.5. The van der Waals surface area contributed by atoms with E-state index in [1.54, 1.807) is 7.11 Å². The number of amidine groups is 1. The largest absolute Gasteiger partial charge is 0.495 e. The van der Waals surface area contributed by atoms with Crippen LogP contribution >= 0.6 is 23.4 Å². The summed E-state index contributed by atoms with van der Waals surface area (Å²) in [5.74, 6) is 2.59. The van der Waals surface area contributed by atoms with E-state index < -0.39 is 0 Å². The number of halogens is 1. The quantitative estimate of drug-likeness (QED) is 0.847. The van der Waals surface area contributed by atoms with Gasteiger partial charge in [-0.1, -0.05) is 43.1 Å². The zero-order valence-corrected chi connectivity index (χ0v) is 14.1. The molecule has 0 saturated heterocycles. The van der Waals surface area contributed by atoms with Crippen molar-refractivity contribution in [1.29, 1.82) is 0 Å². The van der Waals surface area contributed by atoms with Gasteiger partial charge in [-0.2, -0.15) is 0 Å². The van der Waals surface area contributed by atoms with Crippen molar-refractivity contribution in [2.45, 2.75) is 38.1 Å². The molecule has 1 spiro atoms. The lowest BCUT2D eigenvalue weighted by Crippen LogP contribution is -2.33. The lowest BCUT2D eigenvalue weighted by molar-refractivity contribution is 0.266. The fourth-order valence-electron chi connectivity index (χ4n) is 3.28. The molecule has 2 unspecified atom stereocenters. The molecular weight excluding hydrogens is 304 g/mol. The van der Waals surface area contributed by atoms with Crippen LogP contribution in [0, 0.1) is 5.92 Å². The molecule has 1 aliphatic heterocycles. The van der Waals surface area contributed by atoms with Crippen LogP contribution < -0.4 is 10.1 Å². The highest BCUT2D eigenvalue weighted by Crippen LogP contribution is 2.42. The topological polar surface area (TPSA) is 33.6 Å². The summed E-state index contributed by atoms with van der Waals surface area (Å²) in [4.78, 5) is 4.99. The maximum Gasteiger partial charge on any atom is 0.161 e. The van der Waals surface area contributed by atoms with Crippen molar-refractivity contribution in [1.82, 2.24) is 0 Å². The number of thioether (sulfide) groups is 1. The smallest absolute Gasteiger partial charge is 0.161 e. The number of hydrogen-bond donors (Lipinski definition) is 1. The number of aliphatic imine (C=N–C) groups is 1. The summed E-state index contributed by atoms with van der Waals surface area (Å²) < 4.78 is 5.18. The highest BCUT2D eigenvalue weighted by Gasteiger charge is 2.39. The van der Waals surface area contributed by atoms with Gasteiger partial charge >= 0.3 is 0 Å². The first-order valence-electron chi connectivity index (χ1n) is 7.43. The maximum absolute atomic E-state index is 6.16. The highest BCUT2D eigenvalue weighted by atomic mass is 35.5. The van der Waals surface area contributed by atoms with E-state index in [2.05, 4.69) is 12.2 Å². The average molecular weight is 325 g/mol. The molecule has 0 radical (unpaired) electrons. The summed E-state index contributed by atoms with van der Waals surface area (Å²) in [7, 11) is 1.62. The van der Waals surface area contributed by atoms with Gasteiger partial charge < -0.3 is 10.1 Å². The van der Waals surface area contributed by atoms with E-state index in [-0.39, 0.29) is 5.54 Å². The Balaban J connectivity index is 1.72. The molecule has 0 bridgehead atoms. The lowest BCUT2D eigenvalue weighted by atomic mass is 9.78. The number of rotatable bonds is 2. The number of hydrogen-bond acceptors (Lipinski definition) is 4. The molecule has 1 N–H and O–H groups in total. The molecule has 3 nitrogen and oxygen atoms in total. The van der Waals surface area contributed by atoms with Crippen LogP contribution in [-0.4, -0.2) is 23.6 Å². The molecule has 0 amide bonds. The third-order valence-electron chi connectivity index (χ3n) is 4.29. The second-order valence-corrected chi connectivity index (χ2v) is 7.48. The minimum Gasteiger partial charge on any atom is -0.495 e. The molecule has 1 saturated carbocycles. The molecule has 0 aromatic heterocycles. The van der Waals surface area contributed by atoms with Crippen LogP contribution in [0.25, 0.3) is 0 Å². The third-order valence-corrected chi connectivity index (χ3v) is 5.73. The lowest BCUT2D eigenvalue weighted by Gasteiger charge is -2.33. The molecule has 1 fully saturated rings. The van der Waals surface area contributed by atoms with Crippen LogP contribution in [-0.2, 0) is 0 Å². The predicted octanol–water partition coefficient (Wildman–Crippen LogP) is 4.81. The molecule has 1 aromatic rings. The highest BCUT2D eigenvalue weighted by molar-refractivity contribution is 8.14. The number of anilines is 1. The van der Waals surface area contributed by atoms with E-state index in [1.807, 2.05) is 30.0 Å². The molecule has 1 aromatic carbocycles. The number of nitrogens with one attached hydrogen (secondary N) is 1. The first-order valence-corrected chi connectivity index (χ1v) is 8.80. The minimum atomic E-state index is 0.168. The number of methoxy groups -OCH3 is 1. The Morgan fingerprint density at radius 1 is 1.48 bits per heavy atom. The number of nitrogens with zero attached hydrogens (tertiary/aromatic N) is 1. The Bertz CT molecular complexity index is 563. The molecular formula is C16H21ClN2OS. The van der Waals surface area contributed by atoms with E-state index in [1.165, 1.54) is 25.7 Å². The standard InChI is InChI=1S/C16H21ClN2OS/c1-11-4-3-7-16(9-11)10-21-15(19-16)18-12-5-6-14(20-2)13(17)8-12/h5-6,8,11H,3-4,7,9-10H2,1-2H3,(H,18,19). The zero-order valence-electron chi connectivity index (χ0n) is 12.5. The third kappa shape index (κ3) is 3.32. The molecule has 5 heteroatoms. The fraction of sp³-hybridized carbons (Fsp3) is 0.562. The van der Waals surface area contributed by atoms with Crippen molar-refractivity contribution in [2.75, 3.05) is 18.2 Å². The van der Waals surface area contributed by atoms with Crippen LogP contribution in [0.5, 0.6) is 5.75 Å². The van der Waals surface area contributed by atoms with E-state index in [0.29, 0.717) is 10.8 Å². The van der Waals surface area contributed by atoms with Crippen LogP contribution in [0.2, 0.25) is 5.02 Å². The predicted molar refractivity (Wildman–Crippen MR) is 91.9 cm³/mol. The molecule has 114 valence electrons. The van der Waals surface area contributed by atoms with E-state index in [4.69, 9.17) is 21.3 Å². The Morgan fingerprint density at radius 2 is 2.33 bits per heavy atom. The zero-order chi connectivity index (χ0) is 14.9. The van der Waals surface area contributed by atoms with Crippen LogP contribution in [0.3, 0.4) is 0 Å². The van der Waals surface area contributed by atoms with Gasteiger partial charge in [0.1, 0.15) is 5.75 Å². The van der Waals surface area contributed by atoms with Crippen LogP contribution in [0.15, 0.2) is 23.2 Å². The maximum atomic E-state index is 6.16. The first-order chi connectivity index (χ1) is 10.1. The van der Waals surface area contributed by atoms with Gasteiger partial charge in [0.15, 0.2) is 5.17 Å². The first kappa shape index (κ1) is 15.0. The Labute approximate surface area is 135 Å². The molecule has 1 heterocycles. The number of ether oxygens (including phenoxy) is 1. The van der Waals surface area contributed by atoms with Crippen molar-refractivity contribution < 1.29 is 4.74 Å². The summed E-state index contributed by atoms with van der Waals surface area (Å²) >= 11 is 7.99. The Kier molecular flexibility index (Phi) is 4.36. The van der Waals surface area contributed by atoms with Crippen molar-refractivity contribution in [3.8, 4) is 5.75 Å². The molecule has 2 atom stereocenters. The number of benzene rings is 1.